The molecule has 0 unspecified atom stereocenters. The monoisotopic (exact) mass is 320 g/mol. The van der Waals surface area contributed by atoms with Crippen molar-refractivity contribution in [3.8, 4) is 0 Å². The number of nitrogens with one attached hydrogen (secondary N) is 1. The van der Waals surface area contributed by atoms with Crippen LogP contribution in [0.5, 0.6) is 0 Å². The van der Waals surface area contributed by atoms with Gasteiger partial charge < -0.3 is 15.0 Å². The third-order valence-electron chi connectivity index (χ3n) is 2.87. The van der Waals surface area contributed by atoms with Gasteiger partial charge in [-0.05, 0) is 43.0 Å². The van der Waals surface area contributed by atoms with Crippen LogP contribution < -0.4 is 5.32 Å². The van der Waals surface area contributed by atoms with Crippen LogP contribution >= 0.6 is 11.8 Å². The standard InChI is InChI=1S/C13H15F3N2O2S/c1-9-8-18(6-7-20-9)12(19)17-10-2-4-11(5-3-10)21-13(14,15)16/h2-5,9H,6-8H2,1H3,(H,17,19)/t9-/m1/s1. The third-order valence-corrected chi connectivity index (χ3v) is 3.61. The Morgan fingerprint density at radius 3 is 2.62 bits per heavy atom. The number of nitrogens with zero attached hydrogens (tertiary/aromatic N) is 1. The predicted octanol–water partition coefficient (Wildman–Crippen LogP) is 3.55. The summed E-state index contributed by atoms with van der Waals surface area (Å²) in [5.74, 6) is 0. The molecule has 2 rings (SSSR count). The molecule has 1 aliphatic rings. The van der Waals surface area contributed by atoms with Gasteiger partial charge in [-0.2, -0.15) is 13.2 Å². The Kier molecular flexibility index (Phi) is 5.00. The number of hydrogen-bond acceptors (Lipinski definition) is 3. The van der Waals surface area contributed by atoms with Crippen LogP contribution in [0.3, 0.4) is 0 Å². The zero-order chi connectivity index (χ0) is 15.5. The van der Waals surface area contributed by atoms with Gasteiger partial charge in [0.2, 0.25) is 0 Å². The summed E-state index contributed by atoms with van der Waals surface area (Å²) in [4.78, 5) is 13.7. The van der Waals surface area contributed by atoms with E-state index in [1.165, 1.54) is 24.3 Å². The summed E-state index contributed by atoms with van der Waals surface area (Å²) in [6.07, 6.45) is -0.0185. The molecule has 0 aliphatic carbocycles. The van der Waals surface area contributed by atoms with Gasteiger partial charge in [0.05, 0.1) is 12.7 Å². The maximum atomic E-state index is 12.2. The molecule has 1 fully saturated rings. The lowest BCUT2D eigenvalue weighted by molar-refractivity contribution is -0.0328. The number of hydrogen-bond donors (Lipinski definition) is 1. The van der Waals surface area contributed by atoms with Gasteiger partial charge in [0.1, 0.15) is 0 Å². The van der Waals surface area contributed by atoms with E-state index in [1.54, 1.807) is 4.90 Å². The average Bonchev–Trinajstić information content (AvgIpc) is 2.39. The van der Waals surface area contributed by atoms with Gasteiger partial charge >= 0.3 is 11.5 Å². The number of anilines is 1. The van der Waals surface area contributed by atoms with Crippen molar-refractivity contribution in [3.05, 3.63) is 24.3 Å². The molecular formula is C13H15F3N2O2S. The van der Waals surface area contributed by atoms with Gasteiger partial charge in [-0.15, -0.1) is 0 Å². The maximum absolute atomic E-state index is 12.2. The van der Waals surface area contributed by atoms with Crippen molar-refractivity contribution in [2.75, 3.05) is 25.0 Å². The molecule has 0 spiro atoms. The number of alkyl halides is 3. The van der Waals surface area contributed by atoms with E-state index in [-0.39, 0.29) is 28.8 Å². The molecule has 1 aromatic rings. The summed E-state index contributed by atoms with van der Waals surface area (Å²) in [6, 6.07) is 5.29. The fourth-order valence-corrected chi connectivity index (χ4v) is 2.48. The molecule has 1 saturated heterocycles. The van der Waals surface area contributed by atoms with E-state index in [0.717, 1.165) is 0 Å². The molecule has 1 heterocycles. The Bertz CT molecular complexity index is 493. The number of halogens is 3. The van der Waals surface area contributed by atoms with E-state index in [1.807, 2.05) is 6.92 Å². The Morgan fingerprint density at radius 1 is 1.38 bits per heavy atom. The summed E-state index contributed by atoms with van der Waals surface area (Å²) in [5, 5.41) is 2.66. The van der Waals surface area contributed by atoms with Gasteiger partial charge in [0.15, 0.2) is 0 Å². The van der Waals surface area contributed by atoms with Crippen LogP contribution in [0.4, 0.5) is 23.7 Å². The Labute approximate surface area is 124 Å². The number of carbonyl (C=O) groups is 1. The van der Waals surface area contributed by atoms with Crippen LogP contribution in [0.25, 0.3) is 0 Å². The SMILES string of the molecule is C[C@@H]1CN(C(=O)Nc2ccc(SC(F)(F)F)cc2)CCO1. The molecule has 0 radical (unpaired) electrons. The highest BCUT2D eigenvalue weighted by molar-refractivity contribution is 8.00. The van der Waals surface area contributed by atoms with E-state index in [0.29, 0.717) is 25.4 Å². The van der Waals surface area contributed by atoms with Crippen LogP contribution in [-0.4, -0.2) is 42.2 Å². The second-order valence-electron chi connectivity index (χ2n) is 4.63. The Balaban J connectivity index is 1.92. The third kappa shape index (κ3) is 5.13. The first-order chi connectivity index (χ1) is 9.83. The second kappa shape index (κ2) is 6.57. The second-order valence-corrected chi connectivity index (χ2v) is 5.77. The molecule has 0 saturated carbocycles. The first-order valence-electron chi connectivity index (χ1n) is 6.37. The lowest BCUT2D eigenvalue weighted by atomic mass is 10.3. The van der Waals surface area contributed by atoms with Crippen LogP contribution in [0.15, 0.2) is 29.2 Å². The molecule has 0 aromatic heterocycles. The van der Waals surface area contributed by atoms with Gasteiger partial charge in [-0.1, -0.05) is 0 Å². The van der Waals surface area contributed by atoms with E-state index >= 15 is 0 Å². The smallest absolute Gasteiger partial charge is 0.375 e. The minimum Gasteiger partial charge on any atom is -0.375 e. The first-order valence-corrected chi connectivity index (χ1v) is 7.18. The number of urea groups is 1. The minimum atomic E-state index is -4.31. The minimum absolute atomic E-state index is 0.0185. The van der Waals surface area contributed by atoms with Gasteiger partial charge in [0.25, 0.3) is 0 Å². The van der Waals surface area contributed by atoms with Crippen LogP contribution in [0.2, 0.25) is 0 Å². The molecule has 1 aliphatic heterocycles. The molecule has 116 valence electrons. The molecule has 1 atom stereocenters. The molecule has 2 amide bonds. The number of ether oxygens (including phenoxy) is 1. The fourth-order valence-electron chi connectivity index (χ4n) is 1.95. The summed E-state index contributed by atoms with van der Waals surface area (Å²) in [6.45, 7) is 3.35. The van der Waals surface area contributed by atoms with Crippen molar-refractivity contribution < 1.29 is 22.7 Å². The van der Waals surface area contributed by atoms with Crippen molar-refractivity contribution >= 4 is 23.5 Å². The highest BCUT2D eigenvalue weighted by atomic mass is 32.2. The zero-order valence-corrected chi connectivity index (χ0v) is 12.1. The van der Waals surface area contributed by atoms with Crippen LogP contribution in [0, 0.1) is 0 Å². The number of carbonyl (C=O) groups excluding carboxylic acids is 1. The van der Waals surface area contributed by atoms with E-state index < -0.39 is 5.51 Å². The summed E-state index contributed by atoms with van der Waals surface area (Å²) in [7, 11) is 0. The summed E-state index contributed by atoms with van der Waals surface area (Å²) in [5.41, 5.74) is -3.85. The van der Waals surface area contributed by atoms with Crippen molar-refractivity contribution in [1.29, 1.82) is 0 Å². The zero-order valence-electron chi connectivity index (χ0n) is 11.3. The van der Waals surface area contributed by atoms with Crippen molar-refractivity contribution in [2.24, 2.45) is 0 Å². The van der Waals surface area contributed by atoms with E-state index in [2.05, 4.69) is 5.32 Å². The Morgan fingerprint density at radius 2 is 2.05 bits per heavy atom. The lowest BCUT2D eigenvalue weighted by Gasteiger charge is -2.31. The fraction of sp³-hybridized carbons (Fsp3) is 0.462. The van der Waals surface area contributed by atoms with E-state index in [9.17, 15) is 18.0 Å². The predicted molar refractivity (Wildman–Crippen MR) is 74.4 cm³/mol. The molecule has 1 N–H and O–H groups in total. The number of rotatable bonds is 2. The number of benzene rings is 1. The number of thioether (sulfide) groups is 1. The van der Waals surface area contributed by atoms with E-state index in [4.69, 9.17) is 4.74 Å². The molecule has 8 heteroatoms. The molecule has 0 bridgehead atoms. The summed E-state index contributed by atoms with van der Waals surface area (Å²) < 4.78 is 42.0. The molecule has 4 nitrogen and oxygen atoms in total. The number of amides is 2. The highest BCUT2D eigenvalue weighted by Crippen LogP contribution is 2.37. The van der Waals surface area contributed by atoms with Crippen molar-refractivity contribution in [1.82, 2.24) is 4.90 Å². The maximum Gasteiger partial charge on any atom is 0.446 e. The van der Waals surface area contributed by atoms with Gasteiger partial charge in [-0.25, -0.2) is 4.79 Å². The highest BCUT2D eigenvalue weighted by Gasteiger charge is 2.29. The lowest BCUT2D eigenvalue weighted by Crippen LogP contribution is -2.46. The van der Waals surface area contributed by atoms with Gasteiger partial charge in [0, 0.05) is 23.7 Å². The van der Waals surface area contributed by atoms with Crippen LogP contribution in [-0.2, 0) is 4.74 Å². The molecule has 1 aromatic carbocycles. The number of morpholine rings is 1. The first kappa shape index (κ1) is 16.0. The largest absolute Gasteiger partial charge is 0.446 e. The normalized spacial score (nSPS) is 19.4. The van der Waals surface area contributed by atoms with Crippen molar-refractivity contribution in [3.63, 3.8) is 0 Å². The molecule has 21 heavy (non-hydrogen) atoms. The average molecular weight is 320 g/mol. The summed E-state index contributed by atoms with van der Waals surface area (Å²) >= 11 is -0.183. The Hall–Kier alpha value is -1.41. The van der Waals surface area contributed by atoms with Gasteiger partial charge in [-0.3, -0.25) is 0 Å². The quantitative estimate of drug-likeness (QED) is 0.847. The van der Waals surface area contributed by atoms with Crippen LogP contribution in [0.1, 0.15) is 6.92 Å². The topological polar surface area (TPSA) is 41.6 Å². The molecular weight excluding hydrogens is 305 g/mol. The van der Waals surface area contributed by atoms with Crippen molar-refractivity contribution in [2.45, 2.75) is 23.4 Å².